The van der Waals surface area contributed by atoms with E-state index in [9.17, 15) is 0 Å². The third kappa shape index (κ3) is 0.931. The second kappa shape index (κ2) is 2.33. The molecule has 2 aromatic heterocycles. The van der Waals surface area contributed by atoms with Crippen LogP contribution < -0.4 is 5.73 Å². The summed E-state index contributed by atoms with van der Waals surface area (Å²) in [6.07, 6.45) is 1.58. The summed E-state index contributed by atoms with van der Waals surface area (Å²) in [5.74, 6) is 0.922. The number of hydrogen-bond acceptors (Lipinski definition) is 5. The summed E-state index contributed by atoms with van der Waals surface area (Å²) in [5, 5.41) is 11.0. The Hall–Kier alpha value is -1.85. The number of nitrogens with zero attached hydrogens (tertiary/aromatic N) is 4. The number of rotatable bonds is 1. The van der Waals surface area contributed by atoms with Gasteiger partial charge in [-0.1, -0.05) is 10.4 Å². The van der Waals surface area contributed by atoms with Gasteiger partial charge < -0.3 is 10.3 Å². The highest BCUT2D eigenvalue weighted by atomic mass is 16.5. The van der Waals surface area contributed by atoms with E-state index in [0.717, 1.165) is 5.69 Å². The molecule has 0 saturated carbocycles. The lowest BCUT2D eigenvalue weighted by Crippen LogP contribution is -1.92. The molecule has 0 bridgehead atoms. The molecule has 0 atom stereocenters. The first-order chi connectivity index (χ1) is 5.77. The molecule has 62 valence electrons. The molecule has 2 rings (SSSR count). The van der Waals surface area contributed by atoms with Gasteiger partial charge in [0, 0.05) is 13.1 Å². The fraction of sp³-hybridized carbons (Fsp3) is 0.167. The van der Waals surface area contributed by atoms with Gasteiger partial charge in [0.05, 0.1) is 6.20 Å². The smallest absolute Gasteiger partial charge is 0.188 e. The van der Waals surface area contributed by atoms with Crippen molar-refractivity contribution in [3.05, 3.63) is 12.3 Å². The summed E-state index contributed by atoms with van der Waals surface area (Å²) >= 11 is 0. The van der Waals surface area contributed by atoms with E-state index in [4.69, 9.17) is 10.3 Å². The predicted octanol–water partition coefficient (Wildman–Crippen LogP) is 0.0523. The summed E-state index contributed by atoms with van der Waals surface area (Å²) < 4.78 is 6.50. The van der Waals surface area contributed by atoms with Crippen molar-refractivity contribution in [2.24, 2.45) is 7.05 Å². The first-order valence-electron chi connectivity index (χ1n) is 3.34. The maximum Gasteiger partial charge on any atom is 0.188 e. The van der Waals surface area contributed by atoms with Gasteiger partial charge in [-0.2, -0.15) is 0 Å². The minimum Gasteiger partial charge on any atom is -0.381 e. The van der Waals surface area contributed by atoms with Gasteiger partial charge in [-0.25, -0.2) is 4.68 Å². The van der Waals surface area contributed by atoms with E-state index in [0.29, 0.717) is 11.6 Å². The molecule has 0 spiro atoms. The Morgan fingerprint density at radius 3 is 2.92 bits per heavy atom. The van der Waals surface area contributed by atoms with Crippen LogP contribution in [0.5, 0.6) is 0 Å². The van der Waals surface area contributed by atoms with Crippen molar-refractivity contribution in [3.8, 4) is 11.5 Å². The molecule has 0 aliphatic rings. The van der Waals surface area contributed by atoms with Gasteiger partial charge in [0.1, 0.15) is 5.69 Å². The van der Waals surface area contributed by atoms with Gasteiger partial charge in [0.15, 0.2) is 11.6 Å². The molecule has 0 radical (unpaired) electrons. The van der Waals surface area contributed by atoms with E-state index >= 15 is 0 Å². The molecule has 6 nitrogen and oxygen atoms in total. The molecule has 12 heavy (non-hydrogen) atoms. The molecule has 2 N–H and O–H groups in total. The average molecular weight is 165 g/mol. The molecule has 0 aliphatic heterocycles. The molecule has 2 heterocycles. The van der Waals surface area contributed by atoms with Crippen LogP contribution in [0.1, 0.15) is 0 Å². The quantitative estimate of drug-likeness (QED) is 0.645. The molecule has 0 unspecified atom stereocenters. The van der Waals surface area contributed by atoms with Crippen molar-refractivity contribution >= 4 is 5.82 Å². The van der Waals surface area contributed by atoms with Crippen LogP contribution in [-0.2, 0) is 7.05 Å². The Balaban J connectivity index is 2.50. The van der Waals surface area contributed by atoms with Crippen LogP contribution >= 0.6 is 0 Å². The molecule has 0 aromatic carbocycles. The molecular formula is C6H7N5O. The van der Waals surface area contributed by atoms with Crippen molar-refractivity contribution in [1.29, 1.82) is 0 Å². The van der Waals surface area contributed by atoms with E-state index in [1.165, 1.54) is 0 Å². The highest BCUT2D eigenvalue weighted by molar-refractivity contribution is 5.54. The van der Waals surface area contributed by atoms with E-state index in [-0.39, 0.29) is 0 Å². The zero-order valence-electron chi connectivity index (χ0n) is 6.43. The summed E-state index contributed by atoms with van der Waals surface area (Å²) in [4.78, 5) is 0. The second-order valence-electron chi connectivity index (χ2n) is 2.36. The van der Waals surface area contributed by atoms with E-state index in [1.54, 1.807) is 24.0 Å². The van der Waals surface area contributed by atoms with Gasteiger partial charge in [-0.05, 0) is 0 Å². The molecule has 2 aromatic rings. The van der Waals surface area contributed by atoms with Crippen LogP contribution in [0.2, 0.25) is 0 Å². The lowest BCUT2D eigenvalue weighted by molar-refractivity contribution is 0.432. The maximum atomic E-state index is 5.38. The largest absolute Gasteiger partial charge is 0.381 e. The van der Waals surface area contributed by atoms with Crippen molar-refractivity contribution in [1.82, 2.24) is 20.2 Å². The van der Waals surface area contributed by atoms with Crippen LogP contribution in [0.3, 0.4) is 0 Å². The maximum absolute atomic E-state index is 5.38. The van der Waals surface area contributed by atoms with Crippen LogP contribution in [0.4, 0.5) is 5.82 Å². The zero-order valence-corrected chi connectivity index (χ0v) is 6.43. The van der Waals surface area contributed by atoms with E-state index in [2.05, 4.69) is 15.5 Å². The first-order valence-corrected chi connectivity index (χ1v) is 3.34. The molecule has 6 heteroatoms. The molecule has 0 aliphatic carbocycles. The van der Waals surface area contributed by atoms with Crippen LogP contribution in [0, 0.1) is 0 Å². The highest BCUT2D eigenvalue weighted by Crippen LogP contribution is 2.18. The topological polar surface area (TPSA) is 82.8 Å². The number of aromatic nitrogens is 4. The van der Waals surface area contributed by atoms with Crippen LogP contribution in [0.15, 0.2) is 16.8 Å². The van der Waals surface area contributed by atoms with Gasteiger partial charge in [-0.3, -0.25) is 0 Å². The lowest BCUT2D eigenvalue weighted by atomic mass is 10.3. The van der Waals surface area contributed by atoms with Gasteiger partial charge in [0.2, 0.25) is 0 Å². The summed E-state index contributed by atoms with van der Waals surface area (Å²) in [6, 6.07) is 1.62. The van der Waals surface area contributed by atoms with Crippen LogP contribution in [-0.4, -0.2) is 20.2 Å². The molecule has 0 saturated heterocycles. The Morgan fingerprint density at radius 1 is 1.58 bits per heavy atom. The van der Waals surface area contributed by atoms with Crippen molar-refractivity contribution in [3.63, 3.8) is 0 Å². The first kappa shape index (κ1) is 6.84. The molecule has 0 fully saturated rings. The summed E-state index contributed by atoms with van der Waals surface area (Å²) in [7, 11) is 1.76. The number of nitrogen functional groups attached to an aromatic ring is 1. The Morgan fingerprint density at radius 2 is 2.42 bits per heavy atom. The van der Waals surface area contributed by atoms with Crippen molar-refractivity contribution in [2.75, 3.05) is 5.73 Å². The minimum atomic E-state index is 0.353. The Kier molecular flexibility index (Phi) is 1.33. The SMILES string of the molecule is Cn1nncc1-c1cc(N)no1. The number of aryl methyl sites for hydroxylation is 1. The predicted molar refractivity (Wildman–Crippen MR) is 40.9 cm³/mol. The van der Waals surface area contributed by atoms with Crippen molar-refractivity contribution in [2.45, 2.75) is 0 Å². The third-order valence-electron chi connectivity index (χ3n) is 1.50. The van der Waals surface area contributed by atoms with E-state index < -0.39 is 0 Å². The van der Waals surface area contributed by atoms with Crippen LogP contribution in [0.25, 0.3) is 11.5 Å². The average Bonchev–Trinajstić information content (AvgIpc) is 2.58. The van der Waals surface area contributed by atoms with Gasteiger partial charge in [0.25, 0.3) is 0 Å². The Labute approximate surface area is 68.0 Å². The third-order valence-corrected chi connectivity index (χ3v) is 1.50. The highest BCUT2D eigenvalue weighted by Gasteiger charge is 2.08. The normalized spacial score (nSPS) is 10.4. The summed E-state index contributed by atoms with van der Waals surface area (Å²) in [6.45, 7) is 0. The number of nitrogens with two attached hydrogens (primary N) is 1. The monoisotopic (exact) mass is 165 g/mol. The van der Waals surface area contributed by atoms with Crippen molar-refractivity contribution < 1.29 is 4.52 Å². The minimum absolute atomic E-state index is 0.353. The van der Waals surface area contributed by atoms with Gasteiger partial charge >= 0.3 is 0 Å². The molecule has 0 amide bonds. The fourth-order valence-electron chi connectivity index (χ4n) is 0.922. The standard InChI is InChI=1S/C6H7N5O/c1-11-4(3-8-10-11)5-2-6(7)9-12-5/h2-3H,1H3,(H2,7,9). The number of anilines is 1. The lowest BCUT2D eigenvalue weighted by Gasteiger charge is -1.91. The number of hydrogen-bond donors (Lipinski definition) is 1. The zero-order chi connectivity index (χ0) is 8.55. The fourth-order valence-corrected chi connectivity index (χ4v) is 0.922. The second-order valence-corrected chi connectivity index (χ2v) is 2.36. The Bertz CT molecular complexity index is 390. The van der Waals surface area contributed by atoms with E-state index in [1.807, 2.05) is 0 Å². The molecular weight excluding hydrogens is 158 g/mol. The summed E-state index contributed by atoms with van der Waals surface area (Å²) in [5.41, 5.74) is 6.13. The van der Waals surface area contributed by atoms with Gasteiger partial charge in [-0.15, -0.1) is 5.10 Å².